The summed E-state index contributed by atoms with van der Waals surface area (Å²) in [5.41, 5.74) is 0.672. The Balaban J connectivity index is 1.90. The molecule has 0 amide bonds. The van der Waals surface area contributed by atoms with E-state index in [2.05, 4.69) is 0 Å². The lowest BCUT2D eigenvalue weighted by atomic mass is 10.2. The van der Waals surface area contributed by atoms with Crippen LogP contribution in [-0.4, -0.2) is 23.9 Å². The first-order valence-corrected chi connectivity index (χ1v) is 9.38. The van der Waals surface area contributed by atoms with Crippen molar-refractivity contribution in [2.24, 2.45) is 0 Å². The fraction of sp³-hybridized carbons (Fsp3) is 0.125. The van der Waals surface area contributed by atoms with E-state index in [-0.39, 0.29) is 23.1 Å². The molecular formula is C24H20O6. The van der Waals surface area contributed by atoms with Crippen LogP contribution in [0.3, 0.4) is 0 Å². The fourth-order valence-electron chi connectivity index (χ4n) is 2.60. The number of carbonyl (C=O) groups excluding carboxylic acids is 3. The summed E-state index contributed by atoms with van der Waals surface area (Å²) in [4.78, 5) is 38.0. The summed E-state index contributed by atoms with van der Waals surface area (Å²) in [6.45, 7) is 1.58. The van der Waals surface area contributed by atoms with Gasteiger partial charge in [-0.05, 0) is 36.4 Å². The number of rotatable bonds is 7. The second-order valence-corrected chi connectivity index (χ2v) is 6.30. The van der Waals surface area contributed by atoms with Gasteiger partial charge >= 0.3 is 23.9 Å². The van der Waals surface area contributed by atoms with Crippen molar-refractivity contribution in [3.05, 3.63) is 108 Å². The second kappa shape index (κ2) is 9.52. The van der Waals surface area contributed by atoms with E-state index in [0.717, 1.165) is 0 Å². The zero-order valence-corrected chi connectivity index (χ0v) is 16.3. The molecule has 0 radical (unpaired) electrons. The van der Waals surface area contributed by atoms with Crippen molar-refractivity contribution in [1.82, 2.24) is 0 Å². The number of ether oxygens (including phenoxy) is 3. The Morgan fingerprint density at radius 1 is 0.567 bits per heavy atom. The summed E-state index contributed by atoms with van der Waals surface area (Å²) in [5, 5.41) is 0. The van der Waals surface area contributed by atoms with Crippen molar-refractivity contribution in [3.8, 4) is 0 Å². The maximum atomic E-state index is 12.7. The molecule has 0 aromatic heterocycles. The van der Waals surface area contributed by atoms with Crippen LogP contribution in [0.5, 0.6) is 0 Å². The molecule has 0 saturated carbocycles. The molecule has 0 spiro atoms. The smallest absolute Gasteiger partial charge is 0.384 e. The highest BCUT2D eigenvalue weighted by atomic mass is 16.9. The third kappa shape index (κ3) is 5.11. The molecule has 0 unspecified atom stereocenters. The molecule has 0 heterocycles. The fourth-order valence-corrected chi connectivity index (χ4v) is 2.60. The van der Waals surface area contributed by atoms with Gasteiger partial charge in [0.25, 0.3) is 0 Å². The van der Waals surface area contributed by atoms with Crippen molar-refractivity contribution in [2.75, 3.05) is 0 Å². The van der Waals surface area contributed by atoms with E-state index in [1.165, 1.54) is 0 Å². The summed E-state index contributed by atoms with van der Waals surface area (Å²) in [7, 11) is 0. The van der Waals surface area contributed by atoms with E-state index < -0.39 is 23.9 Å². The number of benzene rings is 3. The van der Waals surface area contributed by atoms with E-state index in [0.29, 0.717) is 0 Å². The standard InChI is InChI=1S/C24H20O6/c1-2-24(28-21(25)18-12-6-3-7-13-18,29-22(26)19-14-8-4-9-15-19)30-23(27)20-16-10-5-11-17-20/h3-17H,2H2,1H3. The predicted octanol–water partition coefficient (Wildman–Crippen LogP) is 4.62. The molecule has 0 fully saturated rings. The first-order valence-electron chi connectivity index (χ1n) is 9.38. The Bertz CT molecular complexity index is 870. The van der Waals surface area contributed by atoms with E-state index in [4.69, 9.17) is 14.2 Å². The normalized spacial score (nSPS) is 10.7. The number of hydrogen-bond acceptors (Lipinski definition) is 6. The number of carbonyl (C=O) groups is 3. The molecule has 0 saturated heterocycles. The van der Waals surface area contributed by atoms with Gasteiger partial charge in [-0.15, -0.1) is 0 Å². The minimum absolute atomic E-state index is 0.108. The van der Waals surface area contributed by atoms with Gasteiger partial charge in [-0.2, -0.15) is 0 Å². The van der Waals surface area contributed by atoms with Crippen LogP contribution in [0.25, 0.3) is 0 Å². The average Bonchev–Trinajstić information content (AvgIpc) is 2.80. The molecule has 3 rings (SSSR count). The lowest BCUT2D eigenvalue weighted by molar-refractivity contribution is -0.301. The van der Waals surface area contributed by atoms with Gasteiger partial charge in [0.05, 0.1) is 23.1 Å². The molecule has 6 heteroatoms. The largest absolute Gasteiger partial charge is 0.423 e. The SMILES string of the molecule is CCC(OC(=O)c1ccccc1)(OC(=O)c1ccccc1)OC(=O)c1ccccc1. The molecule has 3 aromatic carbocycles. The van der Waals surface area contributed by atoms with Crippen LogP contribution < -0.4 is 0 Å². The van der Waals surface area contributed by atoms with Crippen LogP contribution in [0.15, 0.2) is 91.0 Å². The van der Waals surface area contributed by atoms with Gasteiger partial charge < -0.3 is 14.2 Å². The zero-order valence-electron chi connectivity index (χ0n) is 16.3. The third-order valence-electron chi connectivity index (χ3n) is 4.21. The van der Waals surface area contributed by atoms with E-state index >= 15 is 0 Å². The van der Waals surface area contributed by atoms with Crippen molar-refractivity contribution >= 4 is 17.9 Å². The summed E-state index contributed by atoms with van der Waals surface area (Å²) in [5.74, 6) is -4.61. The maximum Gasteiger partial charge on any atom is 0.423 e. The monoisotopic (exact) mass is 404 g/mol. The first-order chi connectivity index (χ1) is 14.5. The van der Waals surface area contributed by atoms with Gasteiger partial charge in [0, 0.05) is 0 Å². The molecule has 0 atom stereocenters. The molecule has 30 heavy (non-hydrogen) atoms. The van der Waals surface area contributed by atoms with Crippen molar-refractivity contribution in [3.63, 3.8) is 0 Å². The van der Waals surface area contributed by atoms with Gasteiger partial charge in [0.1, 0.15) is 0 Å². The molecule has 0 aliphatic carbocycles. The molecular weight excluding hydrogens is 384 g/mol. The Kier molecular flexibility index (Phi) is 6.60. The first kappa shape index (κ1) is 20.8. The molecule has 0 N–H and O–H groups in total. The highest BCUT2D eigenvalue weighted by Crippen LogP contribution is 2.25. The summed E-state index contributed by atoms with van der Waals surface area (Å²) in [6.07, 6.45) is -0.108. The third-order valence-corrected chi connectivity index (χ3v) is 4.21. The molecule has 152 valence electrons. The van der Waals surface area contributed by atoms with Crippen molar-refractivity contribution in [1.29, 1.82) is 0 Å². The minimum atomic E-state index is -2.23. The molecule has 3 aromatic rings. The number of esters is 3. The van der Waals surface area contributed by atoms with Crippen molar-refractivity contribution in [2.45, 2.75) is 19.3 Å². The van der Waals surface area contributed by atoms with E-state index in [1.54, 1.807) is 97.9 Å². The minimum Gasteiger partial charge on any atom is -0.384 e. The summed E-state index contributed by atoms with van der Waals surface area (Å²) in [6, 6.07) is 24.5. The highest BCUT2D eigenvalue weighted by molar-refractivity contribution is 5.92. The van der Waals surface area contributed by atoms with Crippen LogP contribution in [0, 0.1) is 0 Å². The van der Waals surface area contributed by atoms with Gasteiger partial charge in [0.2, 0.25) is 0 Å². The van der Waals surface area contributed by atoms with Gasteiger partial charge in [0.15, 0.2) is 0 Å². The molecule has 0 aliphatic rings. The van der Waals surface area contributed by atoms with Gasteiger partial charge in [-0.3, -0.25) is 0 Å². The summed E-state index contributed by atoms with van der Waals surface area (Å²) >= 11 is 0. The quantitative estimate of drug-likeness (QED) is 0.422. The number of hydrogen-bond donors (Lipinski definition) is 0. The summed E-state index contributed by atoms with van der Waals surface area (Å²) < 4.78 is 16.3. The Hall–Kier alpha value is -3.93. The molecule has 0 aliphatic heterocycles. The van der Waals surface area contributed by atoms with Gasteiger partial charge in [-0.25, -0.2) is 14.4 Å². The zero-order chi connectivity index (χ0) is 21.4. The van der Waals surface area contributed by atoms with Crippen LogP contribution >= 0.6 is 0 Å². The van der Waals surface area contributed by atoms with Crippen LogP contribution in [0.1, 0.15) is 44.4 Å². The Morgan fingerprint density at radius 3 is 1.07 bits per heavy atom. The molecule has 0 bridgehead atoms. The van der Waals surface area contributed by atoms with Crippen LogP contribution in [0.4, 0.5) is 0 Å². The lowest BCUT2D eigenvalue weighted by Gasteiger charge is -2.30. The maximum absolute atomic E-state index is 12.7. The Labute approximate surface area is 174 Å². The topological polar surface area (TPSA) is 78.9 Å². The molecule has 6 nitrogen and oxygen atoms in total. The lowest BCUT2D eigenvalue weighted by Crippen LogP contribution is -2.44. The van der Waals surface area contributed by atoms with Crippen LogP contribution in [-0.2, 0) is 14.2 Å². The van der Waals surface area contributed by atoms with E-state index in [1.807, 2.05) is 0 Å². The predicted molar refractivity (Wildman–Crippen MR) is 109 cm³/mol. The highest BCUT2D eigenvalue weighted by Gasteiger charge is 2.43. The average molecular weight is 404 g/mol. The van der Waals surface area contributed by atoms with E-state index in [9.17, 15) is 14.4 Å². The van der Waals surface area contributed by atoms with Gasteiger partial charge in [-0.1, -0.05) is 61.5 Å². The van der Waals surface area contributed by atoms with Crippen molar-refractivity contribution < 1.29 is 28.6 Å². The van der Waals surface area contributed by atoms with Crippen LogP contribution in [0.2, 0.25) is 0 Å². The second-order valence-electron chi connectivity index (χ2n) is 6.30. The Morgan fingerprint density at radius 2 is 0.833 bits per heavy atom.